The summed E-state index contributed by atoms with van der Waals surface area (Å²) in [5.74, 6) is -0.240. The molecule has 0 fully saturated rings. The Labute approximate surface area is 119 Å². The highest BCUT2D eigenvalue weighted by Gasteiger charge is 2.27. The van der Waals surface area contributed by atoms with Gasteiger partial charge in [0.25, 0.3) is 0 Å². The largest absolute Gasteiger partial charge is 0.405 e. The normalized spacial score (nSPS) is 12.4. The summed E-state index contributed by atoms with van der Waals surface area (Å²) in [6.45, 7) is 1.59. The highest BCUT2D eigenvalue weighted by Crippen LogP contribution is 2.17. The van der Waals surface area contributed by atoms with E-state index < -0.39 is 24.8 Å². The van der Waals surface area contributed by atoms with Gasteiger partial charge in [0.1, 0.15) is 6.54 Å². The fourth-order valence-electron chi connectivity index (χ4n) is 1.60. The first-order valence-corrected chi connectivity index (χ1v) is 6.16. The van der Waals surface area contributed by atoms with Crippen molar-refractivity contribution in [3.63, 3.8) is 0 Å². The monoisotopic (exact) mass is 303 g/mol. The molecule has 116 valence electrons. The molecule has 1 atom stereocenters. The van der Waals surface area contributed by atoms with E-state index in [1.54, 1.807) is 36.5 Å². The van der Waals surface area contributed by atoms with Gasteiger partial charge in [-0.3, -0.25) is 4.79 Å². The molecule has 0 saturated heterocycles. The minimum absolute atomic E-state index is 0.240. The lowest BCUT2D eigenvalue weighted by molar-refractivity contribution is -0.122. The van der Waals surface area contributed by atoms with Gasteiger partial charge in [-0.2, -0.15) is 13.2 Å². The molecule has 1 aromatic carbocycles. The van der Waals surface area contributed by atoms with Crippen molar-refractivity contribution in [1.29, 1.82) is 0 Å². The van der Waals surface area contributed by atoms with E-state index in [2.05, 4.69) is 10.6 Å². The number of amides is 3. The predicted molar refractivity (Wildman–Crippen MR) is 71.8 cm³/mol. The molecule has 1 rings (SSSR count). The van der Waals surface area contributed by atoms with E-state index in [0.29, 0.717) is 11.3 Å². The van der Waals surface area contributed by atoms with Crippen LogP contribution in [0.15, 0.2) is 24.3 Å². The van der Waals surface area contributed by atoms with Crippen LogP contribution in [-0.4, -0.2) is 24.7 Å². The van der Waals surface area contributed by atoms with Crippen LogP contribution >= 0.6 is 0 Å². The first-order valence-electron chi connectivity index (χ1n) is 6.16. The Bertz CT molecular complexity index is 518. The van der Waals surface area contributed by atoms with Crippen LogP contribution in [0.5, 0.6) is 0 Å². The first-order chi connectivity index (χ1) is 9.67. The lowest BCUT2D eigenvalue weighted by Gasteiger charge is -2.16. The number of hydrogen-bond acceptors (Lipinski definition) is 2. The summed E-state index contributed by atoms with van der Waals surface area (Å²) in [7, 11) is 0. The molecule has 1 aromatic rings. The van der Waals surface area contributed by atoms with E-state index >= 15 is 0 Å². The van der Waals surface area contributed by atoms with Crippen LogP contribution in [-0.2, 0) is 4.79 Å². The smallest absolute Gasteiger partial charge is 0.332 e. The zero-order chi connectivity index (χ0) is 16.0. The second kappa shape index (κ2) is 6.96. The van der Waals surface area contributed by atoms with E-state index in [1.807, 2.05) is 0 Å². The highest BCUT2D eigenvalue weighted by molar-refractivity contribution is 5.88. The Hall–Kier alpha value is -2.25. The van der Waals surface area contributed by atoms with Crippen molar-refractivity contribution in [3.05, 3.63) is 29.8 Å². The lowest BCUT2D eigenvalue weighted by Crippen LogP contribution is -2.41. The molecular weight excluding hydrogens is 287 g/mol. The third-order valence-electron chi connectivity index (χ3n) is 2.50. The lowest BCUT2D eigenvalue weighted by atomic mass is 10.1. The molecule has 8 heteroatoms. The number of rotatable bonds is 4. The third-order valence-corrected chi connectivity index (χ3v) is 2.50. The number of urea groups is 1. The molecule has 0 aliphatic rings. The quantitative estimate of drug-likeness (QED) is 0.800. The maximum Gasteiger partial charge on any atom is 0.405 e. The second-order valence-electron chi connectivity index (χ2n) is 4.47. The molecular formula is C13H16F3N3O2. The van der Waals surface area contributed by atoms with Gasteiger partial charge in [0.2, 0.25) is 5.91 Å². The van der Waals surface area contributed by atoms with Crippen molar-refractivity contribution in [2.45, 2.75) is 26.1 Å². The fraction of sp³-hybridized carbons (Fsp3) is 0.385. The maximum atomic E-state index is 12.0. The van der Waals surface area contributed by atoms with Crippen molar-refractivity contribution in [1.82, 2.24) is 10.6 Å². The van der Waals surface area contributed by atoms with Gasteiger partial charge in [-0.25, -0.2) is 4.79 Å². The van der Waals surface area contributed by atoms with E-state index in [4.69, 9.17) is 0 Å². The van der Waals surface area contributed by atoms with Gasteiger partial charge in [0.15, 0.2) is 0 Å². The van der Waals surface area contributed by atoms with Crippen LogP contribution in [0.1, 0.15) is 25.5 Å². The van der Waals surface area contributed by atoms with Crippen LogP contribution < -0.4 is 16.0 Å². The van der Waals surface area contributed by atoms with E-state index in [-0.39, 0.29) is 5.91 Å². The Balaban J connectivity index is 2.60. The van der Waals surface area contributed by atoms with Crippen molar-refractivity contribution in [3.8, 4) is 0 Å². The van der Waals surface area contributed by atoms with Crippen LogP contribution in [0, 0.1) is 0 Å². The van der Waals surface area contributed by atoms with Gasteiger partial charge in [0.05, 0.1) is 6.04 Å². The molecule has 0 bridgehead atoms. The first kappa shape index (κ1) is 16.8. The number of hydrogen-bond donors (Lipinski definition) is 3. The molecule has 21 heavy (non-hydrogen) atoms. The van der Waals surface area contributed by atoms with Gasteiger partial charge in [0, 0.05) is 12.6 Å². The average molecular weight is 303 g/mol. The van der Waals surface area contributed by atoms with Crippen LogP contribution in [0.4, 0.5) is 23.7 Å². The maximum absolute atomic E-state index is 12.0. The van der Waals surface area contributed by atoms with Gasteiger partial charge in [-0.05, 0) is 24.6 Å². The predicted octanol–water partition coefficient (Wildman–Crippen LogP) is 2.57. The van der Waals surface area contributed by atoms with Crippen LogP contribution in [0.2, 0.25) is 0 Å². The Morgan fingerprint density at radius 1 is 1.29 bits per heavy atom. The summed E-state index contributed by atoms with van der Waals surface area (Å²) >= 11 is 0. The number of nitrogens with one attached hydrogen (secondary N) is 3. The van der Waals surface area contributed by atoms with E-state index in [9.17, 15) is 22.8 Å². The molecule has 1 unspecified atom stereocenters. The molecule has 0 aliphatic carbocycles. The minimum Gasteiger partial charge on any atom is -0.332 e. The summed E-state index contributed by atoms with van der Waals surface area (Å²) in [5.41, 5.74) is 1.20. The number of benzene rings is 1. The van der Waals surface area contributed by atoms with Crippen molar-refractivity contribution in [2.24, 2.45) is 0 Å². The highest BCUT2D eigenvalue weighted by atomic mass is 19.4. The number of alkyl halides is 3. The number of carbonyl (C=O) groups excluding carboxylic acids is 2. The molecule has 0 aliphatic heterocycles. The number of halogens is 3. The zero-order valence-electron chi connectivity index (χ0n) is 11.5. The van der Waals surface area contributed by atoms with E-state index in [1.165, 1.54) is 6.92 Å². The molecule has 0 aromatic heterocycles. The number of anilines is 1. The van der Waals surface area contributed by atoms with Crippen LogP contribution in [0.25, 0.3) is 0 Å². The molecule has 3 amide bonds. The minimum atomic E-state index is -4.45. The summed E-state index contributed by atoms with van der Waals surface area (Å²) in [6.07, 6.45) is -4.45. The molecule has 0 spiro atoms. The van der Waals surface area contributed by atoms with Gasteiger partial charge in [-0.1, -0.05) is 12.1 Å². The fourth-order valence-corrected chi connectivity index (χ4v) is 1.60. The standard InChI is InChI=1S/C13H16F3N3O2/c1-8(18-12(21)17-7-13(14,15)16)10-4-3-5-11(6-10)19-9(2)20/h3-6,8H,7H2,1-2H3,(H,19,20)(H2,17,18,21). The zero-order valence-corrected chi connectivity index (χ0v) is 11.5. The summed E-state index contributed by atoms with van der Waals surface area (Å²) < 4.78 is 35.9. The Morgan fingerprint density at radius 3 is 2.52 bits per heavy atom. The van der Waals surface area contributed by atoms with Crippen molar-refractivity contribution >= 4 is 17.6 Å². The third kappa shape index (κ3) is 6.64. The SMILES string of the molecule is CC(=O)Nc1cccc(C(C)NC(=O)NCC(F)(F)F)c1. The summed E-state index contributed by atoms with van der Waals surface area (Å²) in [5, 5.41) is 6.69. The Morgan fingerprint density at radius 2 is 1.95 bits per heavy atom. The molecule has 5 nitrogen and oxygen atoms in total. The van der Waals surface area contributed by atoms with Crippen molar-refractivity contribution < 1.29 is 22.8 Å². The Kier molecular flexibility index (Phi) is 5.57. The molecule has 0 saturated carbocycles. The average Bonchev–Trinajstić information content (AvgIpc) is 2.35. The van der Waals surface area contributed by atoms with Crippen molar-refractivity contribution in [2.75, 3.05) is 11.9 Å². The molecule has 3 N–H and O–H groups in total. The van der Waals surface area contributed by atoms with Gasteiger partial charge >= 0.3 is 12.2 Å². The summed E-state index contributed by atoms with van der Waals surface area (Å²) in [6, 6.07) is 5.25. The number of carbonyl (C=O) groups is 2. The second-order valence-corrected chi connectivity index (χ2v) is 4.47. The summed E-state index contributed by atoms with van der Waals surface area (Å²) in [4.78, 5) is 22.3. The van der Waals surface area contributed by atoms with Gasteiger partial charge < -0.3 is 16.0 Å². The topological polar surface area (TPSA) is 70.2 Å². The molecule has 0 radical (unpaired) electrons. The van der Waals surface area contributed by atoms with Crippen LogP contribution in [0.3, 0.4) is 0 Å². The van der Waals surface area contributed by atoms with Gasteiger partial charge in [-0.15, -0.1) is 0 Å². The van der Waals surface area contributed by atoms with E-state index in [0.717, 1.165) is 0 Å². The molecule has 0 heterocycles.